The second kappa shape index (κ2) is 40.5. The molecule has 2 aliphatic heterocycles. The summed E-state index contributed by atoms with van der Waals surface area (Å²) in [4.78, 5) is 71.0. The van der Waals surface area contributed by atoms with Crippen LogP contribution in [0.2, 0.25) is 0 Å². The van der Waals surface area contributed by atoms with Crippen molar-refractivity contribution in [2.24, 2.45) is 0 Å². The van der Waals surface area contributed by atoms with Crippen molar-refractivity contribution in [2.75, 3.05) is 53.3 Å². The number of carbonyl (C=O) groups is 6. The zero-order valence-corrected chi connectivity index (χ0v) is 47.8. The summed E-state index contributed by atoms with van der Waals surface area (Å²) in [5.41, 5.74) is 4.27. The van der Waals surface area contributed by atoms with Crippen LogP contribution in [0.1, 0.15) is 107 Å². The number of fused-ring (bicyclic) bond motifs is 2. The number of hydrogen-bond acceptors (Lipinski definition) is 22. The predicted molar refractivity (Wildman–Crippen MR) is 280 cm³/mol. The molecule has 0 fully saturated rings. The maximum absolute atomic E-state index is 11.7. The molecule has 0 spiro atoms. The van der Waals surface area contributed by atoms with E-state index in [2.05, 4.69) is 27.8 Å². The van der Waals surface area contributed by atoms with Crippen LogP contribution in [0.15, 0.2) is 84.9 Å². The smallest absolute Gasteiger partial charge is 0.793 e. The van der Waals surface area contributed by atoms with Crippen LogP contribution in [-0.4, -0.2) is 128 Å². The Kier molecular flexibility index (Phi) is 36.5. The maximum atomic E-state index is 11.7. The van der Waals surface area contributed by atoms with Crippen LogP contribution < -0.4 is 55.3 Å². The van der Waals surface area contributed by atoms with Crippen molar-refractivity contribution in [3.05, 3.63) is 107 Å². The molecule has 26 heteroatoms. The van der Waals surface area contributed by atoms with E-state index in [9.17, 15) is 38.8 Å². The molecule has 0 bridgehead atoms. The van der Waals surface area contributed by atoms with Gasteiger partial charge in [0, 0.05) is 66.4 Å². The molecule has 2 unspecified atom stereocenters. The van der Waals surface area contributed by atoms with E-state index in [1.54, 1.807) is 69.5 Å². The van der Waals surface area contributed by atoms with E-state index in [1.807, 2.05) is 57.2 Å². The van der Waals surface area contributed by atoms with Crippen LogP contribution in [0.5, 0.6) is 23.0 Å². The fourth-order valence-corrected chi connectivity index (χ4v) is 6.63. The summed E-state index contributed by atoms with van der Waals surface area (Å²) >= 11 is 0. The van der Waals surface area contributed by atoms with Crippen LogP contribution in [0.4, 0.5) is 0 Å². The average molecular weight is 1100 g/mol. The van der Waals surface area contributed by atoms with E-state index in [4.69, 9.17) is 47.2 Å². The molecule has 78 heavy (non-hydrogen) atoms. The van der Waals surface area contributed by atoms with Crippen LogP contribution in [0.3, 0.4) is 0 Å². The molecule has 4 aromatic rings. The third kappa shape index (κ3) is 27.8. The minimum absolute atomic E-state index is 0. The molecule has 3 radical (unpaired) electrons. The van der Waals surface area contributed by atoms with Gasteiger partial charge in [0.15, 0.2) is 0 Å². The Bertz CT molecular complexity index is 2410. The number of methoxy groups -OCH3 is 1. The van der Waals surface area contributed by atoms with Gasteiger partial charge >= 0.3 is 67.7 Å². The van der Waals surface area contributed by atoms with Crippen molar-refractivity contribution in [2.45, 2.75) is 93.5 Å². The van der Waals surface area contributed by atoms with Gasteiger partial charge in [-0.05, 0) is 111 Å². The number of rotatable bonds is 22. The van der Waals surface area contributed by atoms with Crippen LogP contribution in [-0.2, 0) is 82.7 Å². The Balaban J connectivity index is 0.000000557. The monoisotopic (exact) mass is 1100 g/mol. The molecule has 0 saturated carbocycles. The van der Waals surface area contributed by atoms with Gasteiger partial charge < -0.3 is 75.3 Å². The van der Waals surface area contributed by atoms with Crippen molar-refractivity contribution in [1.82, 2.24) is 5.32 Å². The van der Waals surface area contributed by atoms with Crippen molar-refractivity contribution >= 4 is 69.3 Å². The minimum atomic E-state index is -1.13. The topological polar surface area (TPSA) is 275 Å². The van der Waals surface area contributed by atoms with Gasteiger partial charge in [0.1, 0.15) is 29.3 Å². The molecule has 0 aliphatic carbocycles. The molecule has 417 valence electrons. The number of esters is 2. The van der Waals surface area contributed by atoms with E-state index in [-0.39, 0.29) is 54.3 Å². The Morgan fingerprint density at radius 3 is 1.47 bits per heavy atom. The van der Waals surface area contributed by atoms with Gasteiger partial charge in [0.05, 0.1) is 44.9 Å². The first-order valence-electron chi connectivity index (χ1n) is 24.5. The third-order valence-electron chi connectivity index (χ3n) is 9.77. The zero-order chi connectivity index (χ0) is 57.1. The van der Waals surface area contributed by atoms with E-state index in [0.717, 1.165) is 43.4 Å². The molecule has 6 rings (SSSR count). The Labute approximate surface area is 479 Å². The molecule has 22 nitrogen and oxygen atoms in total. The predicted octanol–water partition coefficient (Wildman–Crippen LogP) is 1.97. The van der Waals surface area contributed by atoms with Crippen LogP contribution in [0.25, 0.3) is 0 Å². The largest absolute Gasteiger partial charge is 1.00 e. The van der Waals surface area contributed by atoms with Gasteiger partial charge in [-0.3, -0.25) is 19.2 Å². The molecule has 0 amide bonds. The van der Waals surface area contributed by atoms with E-state index >= 15 is 0 Å². The first-order valence-corrected chi connectivity index (χ1v) is 24.5. The summed E-state index contributed by atoms with van der Waals surface area (Å²) in [6.07, 6.45) is -0.214. The Morgan fingerprint density at radius 1 is 0.641 bits per heavy atom. The van der Waals surface area contributed by atoms with Crippen LogP contribution >= 0.6 is 0 Å². The van der Waals surface area contributed by atoms with Gasteiger partial charge in [-0.25, -0.2) is 19.4 Å². The first-order chi connectivity index (χ1) is 36.9. The van der Waals surface area contributed by atoms with Crippen molar-refractivity contribution in [3.8, 4) is 23.0 Å². The molecule has 4 aromatic carbocycles. The van der Waals surface area contributed by atoms with Gasteiger partial charge in [0.25, 0.3) is 6.48 Å². The summed E-state index contributed by atoms with van der Waals surface area (Å²) in [6.45, 7) is 16.9. The van der Waals surface area contributed by atoms with E-state index < -0.39 is 50.8 Å². The van der Waals surface area contributed by atoms with E-state index in [0.29, 0.717) is 85.7 Å². The second-order valence-corrected chi connectivity index (χ2v) is 15.7. The number of benzene rings is 4. The van der Waals surface area contributed by atoms with Crippen molar-refractivity contribution in [1.29, 1.82) is 0 Å². The molecule has 0 saturated heterocycles. The standard InChI is InChI=1S/C21H26BNO6.C18H17BO6.C7H16O3.C4H6O4.C2H3BO2.Na/c1-3-27-21(24)13-20-18-8-7-17(12-19(18)22(25)29-20)28-16-6-4-5-15(11-16)14-23-9-10-26-2;1-2-23-18(21)10-17-15-7-6-14(9-16(15)19(22)25-17)24-13-5-3-4-12(8-13)11-20;1-4-8-7(9-5-2)10-6-3;1-3(5)7-8-4(2)6;1-2(4)5-3;/h4-8,11-12,20,23,25H,3,9-10,13-14H2,1-2H3;3-9,11,17,22H,2,10H2,1H3;7H,4-6H2,1-3H3;1-2H3;1H3;/q;;;;-1;+1. The fraction of sp³-hybridized carbons (Fsp3) is 0.423. The normalized spacial score (nSPS) is 13.3. The summed E-state index contributed by atoms with van der Waals surface area (Å²) < 4.78 is 56.4. The third-order valence-corrected chi connectivity index (χ3v) is 9.77. The molecular formula is C52H68B3NNaO21. The molecular weight excluding hydrogens is 1030 g/mol. The second-order valence-electron chi connectivity index (χ2n) is 15.7. The number of nitrogens with one attached hydrogen (secondary N) is 1. The van der Waals surface area contributed by atoms with Crippen molar-refractivity contribution < 1.29 is 130 Å². The molecule has 2 aliphatic rings. The number of carbonyl (C=O) groups excluding carboxylic acids is 6. The van der Waals surface area contributed by atoms with Gasteiger partial charge in [0.2, 0.25) is 5.97 Å². The Morgan fingerprint density at radius 2 is 1.08 bits per heavy atom. The zero-order valence-electron chi connectivity index (χ0n) is 45.8. The van der Waals surface area contributed by atoms with E-state index in [1.165, 1.54) is 6.92 Å². The summed E-state index contributed by atoms with van der Waals surface area (Å²) in [6, 6.07) is 25.1. The number of aldehydes is 1. The van der Waals surface area contributed by atoms with Gasteiger partial charge in [-0.1, -0.05) is 36.4 Å². The quantitative estimate of drug-likeness (QED) is 0.0193. The summed E-state index contributed by atoms with van der Waals surface area (Å²) in [5.74, 6) is -0.167. The number of hydrogen-bond donors (Lipinski definition) is 3. The molecule has 2 atom stereocenters. The maximum Gasteiger partial charge on any atom is 1.00 e. The van der Waals surface area contributed by atoms with Crippen LogP contribution in [0, 0.1) is 0 Å². The number of ether oxygens (including phenoxy) is 8. The summed E-state index contributed by atoms with van der Waals surface area (Å²) in [7, 11) is 3.78. The first kappa shape index (κ1) is 70.3. The fourth-order valence-electron chi connectivity index (χ4n) is 6.63. The van der Waals surface area contributed by atoms with Gasteiger partial charge in [-0.2, -0.15) is 0 Å². The molecule has 0 aromatic heterocycles. The minimum Gasteiger partial charge on any atom is -0.793 e. The van der Waals surface area contributed by atoms with Gasteiger partial charge in [-0.15, -0.1) is 0 Å². The molecule has 3 N–H and O–H groups in total. The molecule has 2 heterocycles. The van der Waals surface area contributed by atoms with Crippen molar-refractivity contribution in [3.63, 3.8) is 0 Å². The SMILES string of the molecule is CC(=O)OOC(C)=O.CCOC(=O)CC1OB(O)c2cc(Oc3cccc(C=O)c3)ccc21.CCOC(=O)CC1OB(O)c2cc(Oc3cccc(CNCCOC)c3)ccc21.CCOC(OCC)OCC.[B-]OC(C)=O.[Na+]. The summed E-state index contributed by atoms with van der Waals surface area (Å²) in [5, 5.41) is 23.6. The Hall–Kier alpha value is -5.67. The average Bonchev–Trinajstić information content (AvgIpc) is 3.88.